The van der Waals surface area contributed by atoms with E-state index in [1.54, 1.807) is 18.0 Å². The molecule has 1 heterocycles. The molecule has 5 nitrogen and oxygen atoms in total. The number of hydrogen-bond acceptors (Lipinski definition) is 4. The highest BCUT2D eigenvalue weighted by molar-refractivity contribution is 7.91. The largest absolute Gasteiger partial charge is 0.341 e. The summed E-state index contributed by atoms with van der Waals surface area (Å²) in [6.07, 6.45) is 0.191. The van der Waals surface area contributed by atoms with E-state index in [9.17, 15) is 13.2 Å². The zero-order valence-corrected chi connectivity index (χ0v) is 13.5. The van der Waals surface area contributed by atoms with Crippen molar-refractivity contribution in [3.8, 4) is 0 Å². The highest BCUT2D eigenvalue weighted by atomic mass is 35.5. The summed E-state index contributed by atoms with van der Waals surface area (Å²) in [5, 5.41) is 3.72. The van der Waals surface area contributed by atoms with Gasteiger partial charge in [-0.15, -0.1) is 0 Å². The van der Waals surface area contributed by atoms with Crippen LogP contribution in [0.15, 0.2) is 24.3 Å². The number of sulfone groups is 1. The van der Waals surface area contributed by atoms with Crippen LogP contribution in [0, 0.1) is 0 Å². The highest BCUT2D eigenvalue weighted by Crippen LogP contribution is 2.13. The fraction of sp³-hybridized carbons (Fsp3) is 0.500. The Labute approximate surface area is 130 Å². The molecule has 0 bridgehead atoms. The summed E-state index contributed by atoms with van der Waals surface area (Å²) in [6, 6.07) is 7.04. The van der Waals surface area contributed by atoms with Crippen molar-refractivity contribution in [2.45, 2.75) is 19.0 Å². The van der Waals surface area contributed by atoms with Gasteiger partial charge in [-0.3, -0.25) is 4.79 Å². The van der Waals surface area contributed by atoms with Crippen molar-refractivity contribution in [2.75, 3.05) is 25.1 Å². The molecule has 116 valence electrons. The molecule has 1 unspecified atom stereocenters. The average Bonchev–Trinajstić information content (AvgIpc) is 2.37. The zero-order valence-electron chi connectivity index (χ0n) is 11.9. The lowest BCUT2D eigenvalue weighted by Crippen LogP contribution is -2.47. The van der Waals surface area contributed by atoms with Crippen LogP contribution < -0.4 is 5.32 Å². The Hall–Kier alpha value is -1.11. The molecule has 1 saturated heterocycles. The van der Waals surface area contributed by atoms with Crippen molar-refractivity contribution >= 4 is 27.3 Å². The number of amides is 1. The molecule has 1 amide bonds. The van der Waals surface area contributed by atoms with E-state index in [2.05, 4.69) is 5.32 Å². The van der Waals surface area contributed by atoms with Gasteiger partial charge in [0.15, 0.2) is 9.84 Å². The molecular weight excluding hydrogens is 312 g/mol. The molecule has 21 heavy (non-hydrogen) atoms. The molecule has 0 aromatic heterocycles. The minimum atomic E-state index is -3.02. The Balaban J connectivity index is 1.90. The molecule has 0 spiro atoms. The van der Waals surface area contributed by atoms with Crippen molar-refractivity contribution in [3.05, 3.63) is 34.9 Å². The molecule has 1 aromatic rings. The Morgan fingerprint density at radius 2 is 2.24 bits per heavy atom. The first-order valence-corrected chi connectivity index (χ1v) is 8.98. The van der Waals surface area contributed by atoms with E-state index in [1.807, 2.05) is 18.2 Å². The molecule has 1 aliphatic rings. The topological polar surface area (TPSA) is 66.5 Å². The van der Waals surface area contributed by atoms with Gasteiger partial charge in [-0.1, -0.05) is 23.7 Å². The van der Waals surface area contributed by atoms with Crippen LogP contribution in [0.2, 0.25) is 5.02 Å². The van der Waals surface area contributed by atoms with E-state index in [1.165, 1.54) is 0 Å². The second-order valence-corrected chi connectivity index (χ2v) is 8.01. The first kappa shape index (κ1) is 16.3. The van der Waals surface area contributed by atoms with Gasteiger partial charge in [0.2, 0.25) is 5.91 Å². The molecular formula is C14H19ClN2O3S. The monoisotopic (exact) mass is 330 g/mol. The number of rotatable bonds is 4. The van der Waals surface area contributed by atoms with E-state index in [0.717, 1.165) is 5.56 Å². The zero-order chi connectivity index (χ0) is 15.5. The Morgan fingerprint density at radius 3 is 2.90 bits per heavy atom. The Morgan fingerprint density at radius 1 is 1.48 bits per heavy atom. The van der Waals surface area contributed by atoms with Crippen LogP contribution in [0.4, 0.5) is 0 Å². The Bertz CT molecular complexity index is 618. The number of carbonyl (C=O) groups is 1. The molecule has 1 fully saturated rings. The predicted molar refractivity (Wildman–Crippen MR) is 83.0 cm³/mol. The van der Waals surface area contributed by atoms with Crippen molar-refractivity contribution in [1.29, 1.82) is 0 Å². The van der Waals surface area contributed by atoms with Crippen molar-refractivity contribution < 1.29 is 13.2 Å². The van der Waals surface area contributed by atoms with Crippen molar-refractivity contribution in [2.24, 2.45) is 0 Å². The first-order chi connectivity index (χ1) is 9.85. The van der Waals surface area contributed by atoms with Crippen LogP contribution in [0.3, 0.4) is 0 Å². The van der Waals surface area contributed by atoms with Gasteiger partial charge in [0.25, 0.3) is 0 Å². The summed E-state index contributed by atoms with van der Waals surface area (Å²) in [6.45, 7) is 0.872. The number of benzene rings is 1. The lowest BCUT2D eigenvalue weighted by molar-refractivity contribution is -0.130. The summed E-state index contributed by atoms with van der Waals surface area (Å²) in [5.74, 6) is 0.101. The quantitative estimate of drug-likeness (QED) is 0.897. The van der Waals surface area contributed by atoms with Gasteiger partial charge in [0.1, 0.15) is 0 Å². The fourth-order valence-electron chi connectivity index (χ4n) is 2.36. The van der Waals surface area contributed by atoms with Crippen LogP contribution in [0.5, 0.6) is 0 Å². The number of hydrogen-bond donors (Lipinski definition) is 1. The van der Waals surface area contributed by atoms with Gasteiger partial charge in [-0.05, 0) is 17.7 Å². The third kappa shape index (κ3) is 4.98. The number of halogens is 1. The molecule has 7 heteroatoms. The summed E-state index contributed by atoms with van der Waals surface area (Å²) in [4.78, 5) is 13.8. The molecule has 0 radical (unpaired) electrons. The van der Waals surface area contributed by atoms with E-state index >= 15 is 0 Å². The SMILES string of the molecule is CN(Cc1cccc(Cl)c1)C(=O)CC1CS(=O)(=O)CCN1. The Kier molecular flexibility index (Phi) is 5.24. The summed E-state index contributed by atoms with van der Waals surface area (Å²) < 4.78 is 23.1. The minimum absolute atomic E-state index is 0.0315. The van der Waals surface area contributed by atoms with E-state index in [4.69, 9.17) is 11.6 Å². The van der Waals surface area contributed by atoms with Crippen LogP contribution in [0.1, 0.15) is 12.0 Å². The number of carbonyl (C=O) groups excluding carboxylic acids is 1. The second-order valence-electron chi connectivity index (χ2n) is 5.35. The van der Waals surface area contributed by atoms with Crippen molar-refractivity contribution in [1.82, 2.24) is 10.2 Å². The molecule has 1 atom stereocenters. The first-order valence-electron chi connectivity index (χ1n) is 6.78. The third-order valence-electron chi connectivity index (χ3n) is 3.46. The molecule has 1 aliphatic heterocycles. The summed E-state index contributed by atoms with van der Waals surface area (Å²) in [5.41, 5.74) is 0.947. The molecule has 1 aromatic carbocycles. The van der Waals surface area contributed by atoms with Crippen LogP contribution in [0.25, 0.3) is 0 Å². The normalized spacial score (nSPS) is 21.0. The summed E-state index contributed by atoms with van der Waals surface area (Å²) in [7, 11) is -1.31. The molecule has 0 aliphatic carbocycles. The van der Waals surface area contributed by atoms with Gasteiger partial charge >= 0.3 is 0 Å². The van der Waals surface area contributed by atoms with E-state index < -0.39 is 9.84 Å². The van der Waals surface area contributed by atoms with Gasteiger partial charge < -0.3 is 10.2 Å². The van der Waals surface area contributed by atoms with Crippen LogP contribution in [-0.2, 0) is 21.2 Å². The lowest BCUT2D eigenvalue weighted by Gasteiger charge is -2.25. The maximum absolute atomic E-state index is 12.2. The smallest absolute Gasteiger partial charge is 0.224 e. The number of nitrogens with one attached hydrogen (secondary N) is 1. The van der Waals surface area contributed by atoms with Crippen LogP contribution in [-0.4, -0.2) is 50.4 Å². The molecule has 2 rings (SSSR count). The maximum Gasteiger partial charge on any atom is 0.224 e. The summed E-state index contributed by atoms with van der Waals surface area (Å²) >= 11 is 5.91. The lowest BCUT2D eigenvalue weighted by atomic mass is 10.2. The third-order valence-corrected chi connectivity index (χ3v) is 5.43. The standard InChI is InChI=1S/C14H19ClN2O3S/c1-17(9-11-3-2-4-12(15)7-11)14(18)8-13-10-21(19,20)6-5-16-13/h2-4,7,13,16H,5-6,8-10H2,1H3. The predicted octanol–water partition coefficient (Wildman–Crippen LogP) is 1.08. The van der Waals surface area contributed by atoms with Crippen molar-refractivity contribution in [3.63, 3.8) is 0 Å². The number of nitrogens with zero attached hydrogens (tertiary/aromatic N) is 1. The van der Waals surface area contributed by atoms with Gasteiger partial charge in [0.05, 0.1) is 11.5 Å². The van der Waals surface area contributed by atoms with E-state index in [0.29, 0.717) is 18.1 Å². The second kappa shape index (κ2) is 6.77. The van der Waals surface area contributed by atoms with Gasteiger partial charge in [-0.2, -0.15) is 0 Å². The highest BCUT2D eigenvalue weighted by Gasteiger charge is 2.26. The molecule has 0 saturated carbocycles. The average molecular weight is 331 g/mol. The van der Waals surface area contributed by atoms with E-state index in [-0.39, 0.29) is 29.9 Å². The van der Waals surface area contributed by atoms with Gasteiger partial charge in [-0.25, -0.2) is 8.42 Å². The van der Waals surface area contributed by atoms with Crippen LogP contribution >= 0.6 is 11.6 Å². The fourth-order valence-corrected chi connectivity index (χ4v) is 4.02. The minimum Gasteiger partial charge on any atom is -0.341 e. The van der Waals surface area contributed by atoms with Gasteiger partial charge in [0, 0.05) is 37.6 Å². The molecule has 1 N–H and O–H groups in total. The maximum atomic E-state index is 12.2.